The Bertz CT molecular complexity index is 962. The third-order valence-electron chi connectivity index (χ3n) is 4.22. The van der Waals surface area contributed by atoms with Gasteiger partial charge in [-0.15, -0.1) is 0 Å². The van der Waals surface area contributed by atoms with Crippen LogP contribution in [0.3, 0.4) is 0 Å². The zero-order valence-electron chi connectivity index (χ0n) is 13.8. The van der Waals surface area contributed by atoms with E-state index in [1.807, 2.05) is 32.9 Å². The first kappa shape index (κ1) is 16.4. The highest BCUT2D eigenvalue weighted by Crippen LogP contribution is 2.30. The van der Waals surface area contributed by atoms with E-state index >= 15 is 0 Å². The summed E-state index contributed by atoms with van der Waals surface area (Å²) in [5.74, 6) is -0.245. The quantitative estimate of drug-likeness (QED) is 0.805. The first-order valence-electron chi connectivity index (χ1n) is 7.57. The normalized spacial score (nSPS) is 15.2. The van der Waals surface area contributed by atoms with Gasteiger partial charge in [-0.05, 0) is 55.7 Å². The Morgan fingerprint density at radius 3 is 2.46 bits per heavy atom. The van der Waals surface area contributed by atoms with Gasteiger partial charge in [-0.1, -0.05) is 18.2 Å². The largest absolute Gasteiger partial charge is 0.292 e. The molecule has 0 saturated carbocycles. The Hall–Kier alpha value is -2.47. The summed E-state index contributed by atoms with van der Waals surface area (Å²) in [5, 5.41) is 0. The molecule has 24 heavy (non-hydrogen) atoms. The average Bonchev–Trinajstić information content (AvgIpc) is 2.54. The molecule has 0 unspecified atom stereocenters. The number of fused-ring (bicyclic) bond motifs is 1. The van der Waals surface area contributed by atoms with Crippen LogP contribution in [0.1, 0.15) is 27.0 Å². The minimum absolute atomic E-state index is 0.122. The number of carbonyl (C=O) groups is 1. The van der Waals surface area contributed by atoms with Gasteiger partial charge in [-0.2, -0.15) is 0 Å². The van der Waals surface area contributed by atoms with E-state index < -0.39 is 10.0 Å². The van der Waals surface area contributed by atoms with Crippen LogP contribution in [0.2, 0.25) is 0 Å². The first-order valence-corrected chi connectivity index (χ1v) is 9.01. The van der Waals surface area contributed by atoms with E-state index in [1.54, 1.807) is 18.2 Å². The van der Waals surface area contributed by atoms with E-state index in [0.717, 1.165) is 21.0 Å². The van der Waals surface area contributed by atoms with Crippen molar-refractivity contribution in [1.29, 1.82) is 0 Å². The highest BCUT2D eigenvalue weighted by molar-refractivity contribution is 7.89. The molecule has 124 valence electrons. The molecule has 1 aliphatic rings. The van der Waals surface area contributed by atoms with Crippen molar-refractivity contribution in [2.45, 2.75) is 25.7 Å². The van der Waals surface area contributed by atoms with Crippen LogP contribution in [-0.4, -0.2) is 31.4 Å². The highest BCUT2D eigenvalue weighted by atomic mass is 32.2. The minimum Gasteiger partial charge on any atom is -0.292 e. The molecule has 0 aliphatic carbocycles. The molecule has 1 aliphatic heterocycles. The number of benzene rings is 2. The monoisotopic (exact) mass is 342 g/mol. The Labute approximate surface area is 141 Å². The van der Waals surface area contributed by atoms with Crippen LogP contribution >= 0.6 is 0 Å². The van der Waals surface area contributed by atoms with Crippen molar-refractivity contribution >= 4 is 27.8 Å². The van der Waals surface area contributed by atoms with Crippen LogP contribution in [-0.2, 0) is 10.0 Å². The predicted octanol–water partition coefficient (Wildman–Crippen LogP) is 3.16. The van der Waals surface area contributed by atoms with Crippen LogP contribution < -0.4 is 0 Å². The Morgan fingerprint density at radius 1 is 1.04 bits per heavy atom. The molecule has 2 aromatic carbocycles. The van der Waals surface area contributed by atoms with E-state index in [2.05, 4.69) is 4.99 Å². The number of para-hydroxylation sites is 1. The standard InChI is InChI=1S/C18H18N2O3S/c1-12-8-14(3)15(9-13(12)2)17(21)10-20-11-19-16-6-4-5-7-18(16)24(20,22)23/h4-9,11H,10H2,1-3H3. The van der Waals surface area contributed by atoms with Crippen molar-refractivity contribution in [3.05, 3.63) is 58.7 Å². The van der Waals surface area contributed by atoms with Crippen molar-refractivity contribution in [2.24, 2.45) is 4.99 Å². The summed E-state index contributed by atoms with van der Waals surface area (Å²) < 4.78 is 26.3. The molecule has 0 spiro atoms. The maximum Gasteiger partial charge on any atom is 0.267 e. The molecule has 2 aromatic rings. The lowest BCUT2D eigenvalue weighted by atomic mass is 9.98. The number of ketones is 1. The Morgan fingerprint density at radius 2 is 1.71 bits per heavy atom. The second-order valence-corrected chi connectivity index (χ2v) is 7.80. The smallest absolute Gasteiger partial charge is 0.267 e. The maximum absolute atomic E-state index is 12.7. The molecule has 0 amide bonds. The lowest BCUT2D eigenvalue weighted by Crippen LogP contribution is -2.36. The van der Waals surface area contributed by atoms with Crippen LogP contribution in [0.5, 0.6) is 0 Å². The third kappa shape index (κ3) is 2.73. The molecule has 0 bridgehead atoms. The van der Waals surface area contributed by atoms with E-state index in [0.29, 0.717) is 11.3 Å². The number of hydrogen-bond acceptors (Lipinski definition) is 4. The number of carbonyl (C=O) groups excluding carboxylic acids is 1. The SMILES string of the molecule is Cc1cc(C)c(C(=O)CN2C=Nc3ccccc3S2(=O)=O)cc1C. The number of nitrogens with zero attached hydrogens (tertiary/aromatic N) is 2. The lowest BCUT2D eigenvalue weighted by molar-refractivity contribution is 0.0980. The summed E-state index contributed by atoms with van der Waals surface area (Å²) in [7, 11) is -3.75. The summed E-state index contributed by atoms with van der Waals surface area (Å²) in [6, 6.07) is 10.3. The van der Waals surface area contributed by atoms with Crippen LogP contribution in [0.25, 0.3) is 0 Å². The number of Topliss-reactive ketones (excluding diaryl/α,β-unsaturated/α-hetero) is 1. The van der Waals surface area contributed by atoms with Gasteiger partial charge >= 0.3 is 0 Å². The number of rotatable bonds is 3. The molecule has 0 N–H and O–H groups in total. The molecule has 6 heteroatoms. The third-order valence-corrected chi connectivity index (χ3v) is 5.96. The van der Waals surface area contributed by atoms with E-state index in [1.165, 1.54) is 12.4 Å². The number of aliphatic imine (C=N–C) groups is 1. The topological polar surface area (TPSA) is 66.8 Å². The molecule has 0 aromatic heterocycles. The van der Waals surface area contributed by atoms with Gasteiger partial charge in [0.2, 0.25) is 0 Å². The van der Waals surface area contributed by atoms with Crippen LogP contribution in [0.15, 0.2) is 46.3 Å². The number of sulfonamides is 1. The molecule has 1 heterocycles. The summed E-state index contributed by atoms with van der Waals surface area (Å²) in [4.78, 5) is 16.9. The second-order valence-electron chi connectivity index (χ2n) is 5.94. The fourth-order valence-electron chi connectivity index (χ4n) is 2.71. The lowest BCUT2D eigenvalue weighted by Gasteiger charge is -2.23. The summed E-state index contributed by atoms with van der Waals surface area (Å²) >= 11 is 0. The fourth-order valence-corrected chi connectivity index (χ4v) is 4.06. The van der Waals surface area contributed by atoms with E-state index in [4.69, 9.17) is 0 Å². The van der Waals surface area contributed by atoms with Crippen molar-refractivity contribution in [2.75, 3.05) is 6.54 Å². The van der Waals surface area contributed by atoms with Gasteiger partial charge in [0.1, 0.15) is 11.2 Å². The van der Waals surface area contributed by atoms with E-state index in [-0.39, 0.29) is 17.2 Å². The molecule has 0 radical (unpaired) electrons. The first-order chi connectivity index (χ1) is 11.3. The highest BCUT2D eigenvalue weighted by Gasteiger charge is 2.30. The molecule has 5 nitrogen and oxygen atoms in total. The van der Waals surface area contributed by atoms with Crippen molar-refractivity contribution in [3.8, 4) is 0 Å². The maximum atomic E-state index is 12.7. The molecular formula is C18H18N2O3S. The zero-order chi connectivity index (χ0) is 17.5. The second kappa shape index (κ2) is 5.87. The Balaban J connectivity index is 1.93. The van der Waals surface area contributed by atoms with Gasteiger partial charge in [-0.25, -0.2) is 17.7 Å². The minimum atomic E-state index is -3.75. The summed E-state index contributed by atoms with van der Waals surface area (Å²) in [5.41, 5.74) is 3.88. The average molecular weight is 342 g/mol. The van der Waals surface area contributed by atoms with Crippen LogP contribution in [0.4, 0.5) is 5.69 Å². The van der Waals surface area contributed by atoms with Crippen molar-refractivity contribution in [1.82, 2.24) is 4.31 Å². The fraction of sp³-hybridized carbons (Fsp3) is 0.222. The van der Waals surface area contributed by atoms with Gasteiger partial charge in [0.05, 0.1) is 12.2 Å². The summed E-state index contributed by atoms with van der Waals surface area (Å²) in [6.45, 7) is 5.51. The van der Waals surface area contributed by atoms with Crippen molar-refractivity contribution in [3.63, 3.8) is 0 Å². The van der Waals surface area contributed by atoms with Gasteiger partial charge < -0.3 is 0 Å². The van der Waals surface area contributed by atoms with Gasteiger partial charge in [-0.3, -0.25) is 4.79 Å². The zero-order valence-corrected chi connectivity index (χ0v) is 14.6. The van der Waals surface area contributed by atoms with Gasteiger partial charge in [0.15, 0.2) is 5.78 Å². The van der Waals surface area contributed by atoms with E-state index in [9.17, 15) is 13.2 Å². The predicted molar refractivity (Wildman–Crippen MR) is 93.5 cm³/mol. The van der Waals surface area contributed by atoms with Crippen LogP contribution in [0, 0.1) is 20.8 Å². The van der Waals surface area contributed by atoms with Crippen molar-refractivity contribution < 1.29 is 13.2 Å². The number of aryl methyl sites for hydroxylation is 3. The molecule has 0 saturated heterocycles. The molecule has 0 fully saturated rings. The van der Waals surface area contributed by atoms with Gasteiger partial charge in [0.25, 0.3) is 10.0 Å². The molecular weight excluding hydrogens is 324 g/mol. The Kier molecular flexibility index (Phi) is 4.01. The van der Waals surface area contributed by atoms with Gasteiger partial charge in [0, 0.05) is 5.56 Å². The molecule has 3 rings (SSSR count). The summed E-state index contributed by atoms with van der Waals surface area (Å²) in [6.07, 6.45) is 1.21. The number of hydrogen-bond donors (Lipinski definition) is 0. The molecule has 0 atom stereocenters.